The summed E-state index contributed by atoms with van der Waals surface area (Å²) in [5.74, 6) is -0.485. The number of nitrogens with zero attached hydrogens (tertiary/aromatic N) is 2. The smallest absolute Gasteiger partial charge is 0.241 e. The highest BCUT2D eigenvalue weighted by Gasteiger charge is 2.16. The molecule has 9 heteroatoms. The molecule has 0 radical (unpaired) electrons. The van der Waals surface area contributed by atoms with Crippen LogP contribution in [0.25, 0.3) is 0 Å². The van der Waals surface area contributed by atoms with Crippen LogP contribution in [0.4, 0.5) is 10.1 Å². The molecule has 1 aromatic carbocycles. The van der Waals surface area contributed by atoms with Crippen LogP contribution < -0.4 is 10.5 Å². The molecule has 0 aliphatic rings. The predicted molar refractivity (Wildman–Crippen MR) is 59.1 cm³/mol. The number of halogens is 1. The zero-order chi connectivity index (χ0) is 13.2. The van der Waals surface area contributed by atoms with Crippen molar-refractivity contribution < 1.29 is 17.3 Å². The molecule has 0 spiro atoms. The lowest BCUT2D eigenvalue weighted by Crippen LogP contribution is -2.24. The Morgan fingerprint density at radius 3 is 2.83 bits per heavy atom. The number of rotatable bonds is 4. The Morgan fingerprint density at radius 2 is 2.22 bits per heavy atom. The molecule has 3 N–H and O–H groups in total. The van der Waals surface area contributed by atoms with E-state index in [2.05, 4.69) is 19.4 Å². The lowest BCUT2D eigenvalue weighted by molar-refractivity contribution is 0.409. The molecule has 1 heterocycles. The van der Waals surface area contributed by atoms with E-state index in [0.717, 1.165) is 24.6 Å². The van der Waals surface area contributed by atoms with E-state index in [4.69, 9.17) is 5.73 Å². The van der Waals surface area contributed by atoms with Gasteiger partial charge in [-0.1, -0.05) is 5.16 Å². The van der Waals surface area contributed by atoms with Crippen LogP contribution in [0.15, 0.2) is 34.0 Å². The topological polar surface area (TPSA) is 111 Å². The van der Waals surface area contributed by atoms with E-state index in [-0.39, 0.29) is 23.0 Å². The highest BCUT2D eigenvalue weighted by Crippen LogP contribution is 2.16. The molecule has 0 aliphatic carbocycles. The normalized spacial score (nSPS) is 11.6. The lowest BCUT2D eigenvalue weighted by Gasteiger charge is -2.05. The van der Waals surface area contributed by atoms with Gasteiger partial charge in [-0.2, -0.15) is 4.98 Å². The predicted octanol–water partition coefficient (Wildman–Crippen LogP) is 0.269. The molecule has 0 fully saturated rings. The van der Waals surface area contributed by atoms with Crippen LogP contribution in [0.5, 0.6) is 0 Å². The van der Waals surface area contributed by atoms with Gasteiger partial charge in [0.15, 0.2) is 5.82 Å². The summed E-state index contributed by atoms with van der Waals surface area (Å²) >= 11 is 0. The van der Waals surface area contributed by atoms with Crippen molar-refractivity contribution in [3.8, 4) is 0 Å². The number of anilines is 1. The van der Waals surface area contributed by atoms with Gasteiger partial charge >= 0.3 is 0 Å². The van der Waals surface area contributed by atoms with Crippen LogP contribution in [-0.4, -0.2) is 18.6 Å². The Morgan fingerprint density at radius 1 is 1.44 bits per heavy atom. The van der Waals surface area contributed by atoms with E-state index in [1.807, 2.05) is 0 Å². The molecule has 96 valence electrons. The van der Waals surface area contributed by atoms with Gasteiger partial charge < -0.3 is 10.3 Å². The van der Waals surface area contributed by atoms with Crippen molar-refractivity contribution in [1.29, 1.82) is 0 Å². The maximum absolute atomic E-state index is 12.9. The summed E-state index contributed by atoms with van der Waals surface area (Å²) in [7, 11) is -3.79. The van der Waals surface area contributed by atoms with Crippen LogP contribution in [0, 0.1) is 5.82 Å². The number of aromatic nitrogens is 2. The van der Waals surface area contributed by atoms with Crippen LogP contribution in [0.3, 0.4) is 0 Å². The van der Waals surface area contributed by atoms with Gasteiger partial charge in [-0.15, -0.1) is 0 Å². The maximum atomic E-state index is 12.9. The van der Waals surface area contributed by atoms with Crippen molar-refractivity contribution in [2.75, 3.05) is 5.73 Å². The molecule has 2 aromatic rings. The van der Waals surface area contributed by atoms with Gasteiger partial charge in [0.25, 0.3) is 0 Å². The molecular formula is C9H9FN4O3S. The summed E-state index contributed by atoms with van der Waals surface area (Å²) in [6, 6.07) is 3.14. The number of nitrogens with one attached hydrogen (secondary N) is 1. The Balaban J connectivity index is 2.17. The third kappa shape index (κ3) is 2.63. The first kappa shape index (κ1) is 12.5. The van der Waals surface area contributed by atoms with E-state index in [1.165, 1.54) is 0 Å². The fraction of sp³-hybridized carbons (Fsp3) is 0.111. The largest absolute Gasteiger partial charge is 0.396 e. The van der Waals surface area contributed by atoms with E-state index >= 15 is 0 Å². The second-order valence-electron chi connectivity index (χ2n) is 3.36. The molecule has 0 aliphatic heterocycles. The molecular weight excluding hydrogens is 263 g/mol. The Bertz CT molecular complexity index is 642. The van der Waals surface area contributed by atoms with Crippen LogP contribution in [-0.2, 0) is 16.6 Å². The molecule has 18 heavy (non-hydrogen) atoms. The fourth-order valence-corrected chi connectivity index (χ4v) is 2.22. The van der Waals surface area contributed by atoms with Gasteiger partial charge in [-0.25, -0.2) is 17.5 Å². The Labute approximate surface area is 102 Å². The van der Waals surface area contributed by atoms with Crippen molar-refractivity contribution in [3.63, 3.8) is 0 Å². The number of hydrogen-bond acceptors (Lipinski definition) is 6. The molecule has 7 nitrogen and oxygen atoms in total. The zero-order valence-electron chi connectivity index (χ0n) is 9.00. The highest BCUT2D eigenvalue weighted by atomic mass is 32.2. The summed E-state index contributed by atoms with van der Waals surface area (Å²) in [4.78, 5) is 3.52. The van der Waals surface area contributed by atoms with Crippen LogP contribution in [0.1, 0.15) is 5.82 Å². The van der Waals surface area contributed by atoms with Crippen molar-refractivity contribution in [2.45, 2.75) is 11.4 Å². The summed E-state index contributed by atoms with van der Waals surface area (Å²) in [6.07, 6.45) is 1.08. The van der Waals surface area contributed by atoms with E-state index in [0.29, 0.717) is 0 Å². The van der Waals surface area contributed by atoms with Crippen molar-refractivity contribution in [2.24, 2.45) is 0 Å². The fourth-order valence-electron chi connectivity index (χ4n) is 1.20. The van der Waals surface area contributed by atoms with E-state index < -0.39 is 15.8 Å². The summed E-state index contributed by atoms with van der Waals surface area (Å²) < 4.78 is 43.2. The number of nitrogens with two attached hydrogens (primary N) is 1. The first-order valence-electron chi connectivity index (χ1n) is 4.79. The minimum Gasteiger partial charge on any atom is -0.396 e. The van der Waals surface area contributed by atoms with Gasteiger partial charge in [-0.3, -0.25) is 0 Å². The SMILES string of the molecule is Nc1cc(S(=O)(=O)NCc2ncon2)ccc1F. The van der Waals surface area contributed by atoms with Crippen LogP contribution in [0.2, 0.25) is 0 Å². The average molecular weight is 272 g/mol. The summed E-state index contributed by atoms with van der Waals surface area (Å²) in [6.45, 7) is -0.129. The molecule has 0 bridgehead atoms. The first-order valence-corrected chi connectivity index (χ1v) is 6.27. The quantitative estimate of drug-likeness (QED) is 0.773. The van der Waals surface area contributed by atoms with Gasteiger partial charge in [0, 0.05) is 0 Å². The van der Waals surface area contributed by atoms with E-state index in [1.54, 1.807) is 0 Å². The molecule has 0 saturated heterocycles. The number of benzene rings is 1. The van der Waals surface area contributed by atoms with Gasteiger partial charge in [0.05, 0.1) is 17.1 Å². The molecule has 2 rings (SSSR count). The Kier molecular flexibility index (Phi) is 3.26. The maximum Gasteiger partial charge on any atom is 0.241 e. The second kappa shape index (κ2) is 4.70. The summed E-state index contributed by atoms with van der Waals surface area (Å²) in [5.41, 5.74) is 5.06. The van der Waals surface area contributed by atoms with E-state index in [9.17, 15) is 12.8 Å². The summed E-state index contributed by atoms with van der Waals surface area (Å²) in [5, 5.41) is 3.45. The third-order valence-electron chi connectivity index (χ3n) is 2.11. The van der Waals surface area contributed by atoms with Crippen LogP contribution >= 0.6 is 0 Å². The average Bonchev–Trinajstić information content (AvgIpc) is 2.83. The zero-order valence-corrected chi connectivity index (χ0v) is 9.82. The standard InChI is InChI=1S/C9H9FN4O3S/c10-7-2-1-6(3-8(7)11)18(15,16)13-4-9-12-5-17-14-9/h1-3,5,13H,4,11H2. The molecule has 0 atom stereocenters. The molecule has 0 unspecified atom stereocenters. The first-order chi connectivity index (χ1) is 8.49. The monoisotopic (exact) mass is 272 g/mol. The lowest BCUT2D eigenvalue weighted by atomic mass is 10.3. The van der Waals surface area contributed by atoms with Crippen molar-refractivity contribution in [3.05, 3.63) is 36.2 Å². The number of nitrogen functional groups attached to an aromatic ring is 1. The Hall–Kier alpha value is -2.00. The number of sulfonamides is 1. The van der Waals surface area contributed by atoms with Crippen molar-refractivity contribution >= 4 is 15.7 Å². The third-order valence-corrected chi connectivity index (χ3v) is 3.50. The van der Waals surface area contributed by atoms with Gasteiger partial charge in [0.2, 0.25) is 16.4 Å². The minimum atomic E-state index is -3.79. The molecule has 0 saturated carbocycles. The molecule has 1 aromatic heterocycles. The number of hydrogen-bond donors (Lipinski definition) is 2. The van der Waals surface area contributed by atoms with Crippen molar-refractivity contribution in [1.82, 2.24) is 14.9 Å². The second-order valence-corrected chi connectivity index (χ2v) is 5.12. The highest BCUT2D eigenvalue weighted by molar-refractivity contribution is 7.89. The minimum absolute atomic E-state index is 0.129. The van der Waals surface area contributed by atoms with Gasteiger partial charge in [0.1, 0.15) is 5.82 Å². The van der Waals surface area contributed by atoms with Gasteiger partial charge in [-0.05, 0) is 18.2 Å². The molecule has 0 amide bonds.